The predicted octanol–water partition coefficient (Wildman–Crippen LogP) is 2.57. The first-order valence-corrected chi connectivity index (χ1v) is 11.5. The van der Waals surface area contributed by atoms with Gasteiger partial charge in [0.05, 0.1) is 16.7 Å². The molecule has 1 aliphatic heterocycles. The van der Waals surface area contributed by atoms with Gasteiger partial charge < -0.3 is 10.4 Å². The molecule has 2 aliphatic carbocycles. The van der Waals surface area contributed by atoms with E-state index in [1.54, 1.807) is 12.1 Å². The van der Waals surface area contributed by atoms with E-state index in [-0.39, 0.29) is 22.6 Å². The highest BCUT2D eigenvalue weighted by atomic mass is 32.2. The quantitative estimate of drug-likeness (QED) is 0.716. The first kappa shape index (κ1) is 20.1. The van der Waals surface area contributed by atoms with Gasteiger partial charge in [-0.25, -0.2) is 8.42 Å². The first-order chi connectivity index (χ1) is 13.8. The van der Waals surface area contributed by atoms with Crippen LogP contribution >= 0.6 is 0 Å². The fourth-order valence-corrected chi connectivity index (χ4v) is 6.30. The lowest BCUT2D eigenvalue weighted by Gasteiger charge is -2.29. The number of carbonyl (C=O) groups excluding carboxylic acids is 1. The van der Waals surface area contributed by atoms with Gasteiger partial charge in [0, 0.05) is 18.8 Å². The van der Waals surface area contributed by atoms with Crippen LogP contribution in [0.3, 0.4) is 0 Å². The molecule has 0 unspecified atom stereocenters. The summed E-state index contributed by atoms with van der Waals surface area (Å²) in [5, 5.41) is 12.3. The van der Waals surface area contributed by atoms with Crippen molar-refractivity contribution in [3.05, 3.63) is 36.4 Å². The molecule has 1 amide bonds. The molecule has 0 aromatic heterocycles. The molecule has 1 saturated heterocycles. The van der Waals surface area contributed by atoms with Crippen molar-refractivity contribution in [3.8, 4) is 0 Å². The minimum absolute atomic E-state index is 0.0535. The third kappa shape index (κ3) is 3.71. The maximum atomic E-state index is 12.8. The van der Waals surface area contributed by atoms with E-state index in [0.29, 0.717) is 31.1 Å². The van der Waals surface area contributed by atoms with Crippen molar-refractivity contribution in [1.29, 1.82) is 0 Å². The Bertz CT molecular complexity index is 932. The van der Waals surface area contributed by atoms with Gasteiger partial charge in [-0.15, -0.1) is 0 Å². The van der Waals surface area contributed by atoms with Crippen molar-refractivity contribution in [2.75, 3.05) is 18.4 Å². The van der Waals surface area contributed by atoms with Gasteiger partial charge in [0.2, 0.25) is 15.9 Å². The molecule has 1 heterocycles. The minimum atomic E-state index is -3.54. The summed E-state index contributed by atoms with van der Waals surface area (Å²) in [6.45, 7) is 3.18. The van der Waals surface area contributed by atoms with Crippen LogP contribution in [0.15, 0.2) is 41.3 Å². The van der Waals surface area contributed by atoms with E-state index in [9.17, 15) is 23.1 Å². The zero-order valence-electron chi connectivity index (χ0n) is 16.3. The molecule has 156 valence electrons. The summed E-state index contributed by atoms with van der Waals surface area (Å²) in [7, 11) is -3.54. The van der Waals surface area contributed by atoms with E-state index in [4.69, 9.17) is 0 Å². The molecule has 29 heavy (non-hydrogen) atoms. The number of allylic oxidation sites excluding steroid dienone is 2. The van der Waals surface area contributed by atoms with Crippen molar-refractivity contribution in [1.82, 2.24) is 4.31 Å². The molecule has 8 heteroatoms. The zero-order valence-corrected chi connectivity index (χ0v) is 17.1. The highest BCUT2D eigenvalue weighted by molar-refractivity contribution is 7.89. The number of amides is 1. The lowest BCUT2D eigenvalue weighted by molar-refractivity contribution is -0.146. The monoisotopic (exact) mass is 418 g/mol. The topological polar surface area (TPSA) is 104 Å². The average molecular weight is 419 g/mol. The molecule has 2 bridgehead atoms. The Kier molecular flexibility index (Phi) is 5.25. The molecule has 2 fully saturated rings. The van der Waals surface area contributed by atoms with Crippen molar-refractivity contribution >= 4 is 27.6 Å². The SMILES string of the molecule is CC1CCN(S(=O)(=O)c2ccc(NC(=O)[C@@H]3[C@@H](C(=O)O)[C@H]4C=C[C@H]3C4)cc2)CC1. The van der Waals surface area contributed by atoms with Crippen LogP contribution in [-0.4, -0.2) is 42.8 Å². The Morgan fingerprint density at radius 2 is 1.62 bits per heavy atom. The number of aliphatic carboxylic acids is 1. The standard InChI is InChI=1S/C21H26N2O5S/c1-13-8-10-23(11-9-13)29(27,28)17-6-4-16(5-7-17)22-20(24)18-14-2-3-15(12-14)19(18)21(25)26/h2-7,13-15,18-19H,8-12H2,1H3,(H,22,24)(H,25,26)/t14-,15-,18-,19-/m0/s1. The van der Waals surface area contributed by atoms with E-state index >= 15 is 0 Å². The van der Waals surface area contributed by atoms with E-state index in [1.165, 1.54) is 16.4 Å². The largest absolute Gasteiger partial charge is 0.481 e. The predicted molar refractivity (Wildman–Crippen MR) is 108 cm³/mol. The number of carboxylic acid groups (broad SMARTS) is 1. The fourth-order valence-electron chi connectivity index (χ4n) is 4.83. The summed E-state index contributed by atoms with van der Waals surface area (Å²) < 4.78 is 27.1. The van der Waals surface area contributed by atoms with Crippen LogP contribution in [0.4, 0.5) is 5.69 Å². The highest BCUT2D eigenvalue weighted by Gasteiger charge is 2.51. The molecule has 0 spiro atoms. The molecule has 1 aromatic carbocycles. The Balaban J connectivity index is 1.45. The summed E-state index contributed by atoms with van der Waals surface area (Å²) in [6.07, 6.45) is 6.24. The molecule has 1 aromatic rings. The number of sulfonamides is 1. The molecule has 0 radical (unpaired) electrons. The van der Waals surface area contributed by atoms with Gasteiger partial charge in [0.15, 0.2) is 0 Å². The number of fused-ring (bicyclic) bond motifs is 2. The van der Waals surface area contributed by atoms with Crippen LogP contribution in [0.5, 0.6) is 0 Å². The van der Waals surface area contributed by atoms with Crippen LogP contribution < -0.4 is 5.32 Å². The molecular weight excluding hydrogens is 392 g/mol. The van der Waals surface area contributed by atoms with Crippen LogP contribution in [0.25, 0.3) is 0 Å². The van der Waals surface area contributed by atoms with Crippen LogP contribution in [0.1, 0.15) is 26.2 Å². The van der Waals surface area contributed by atoms with Gasteiger partial charge in [0.1, 0.15) is 0 Å². The number of rotatable bonds is 5. The number of carbonyl (C=O) groups is 2. The van der Waals surface area contributed by atoms with Gasteiger partial charge >= 0.3 is 5.97 Å². The van der Waals surface area contributed by atoms with Crippen molar-refractivity contribution in [2.24, 2.45) is 29.6 Å². The Morgan fingerprint density at radius 1 is 1.03 bits per heavy atom. The normalized spacial score (nSPS) is 29.8. The molecule has 7 nitrogen and oxygen atoms in total. The lowest BCUT2D eigenvalue weighted by Crippen LogP contribution is -2.37. The maximum Gasteiger partial charge on any atom is 0.307 e. The van der Waals surface area contributed by atoms with Gasteiger partial charge in [-0.3, -0.25) is 9.59 Å². The molecule has 2 N–H and O–H groups in total. The van der Waals surface area contributed by atoms with Crippen molar-refractivity contribution < 1.29 is 23.1 Å². The number of benzene rings is 1. The number of hydrogen-bond acceptors (Lipinski definition) is 4. The lowest BCUT2D eigenvalue weighted by atomic mass is 9.82. The second-order valence-electron chi connectivity index (χ2n) is 8.44. The van der Waals surface area contributed by atoms with Gasteiger partial charge in [-0.05, 0) is 61.3 Å². The first-order valence-electron chi connectivity index (χ1n) is 10.1. The van der Waals surface area contributed by atoms with Crippen molar-refractivity contribution in [2.45, 2.75) is 31.1 Å². The molecule has 4 rings (SSSR count). The summed E-state index contributed by atoms with van der Waals surface area (Å²) in [6, 6.07) is 6.13. The minimum Gasteiger partial charge on any atom is -0.481 e. The Morgan fingerprint density at radius 3 is 2.21 bits per heavy atom. The number of nitrogens with zero attached hydrogens (tertiary/aromatic N) is 1. The van der Waals surface area contributed by atoms with Gasteiger partial charge in [-0.2, -0.15) is 4.31 Å². The fraction of sp³-hybridized carbons (Fsp3) is 0.524. The maximum absolute atomic E-state index is 12.8. The smallest absolute Gasteiger partial charge is 0.307 e. The summed E-state index contributed by atoms with van der Waals surface area (Å²) in [5.74, 6) is -2.17. The van der Waals surface area contributed by atoms with E-state index in [0.717, 1.165) is 12.8 Å². The number of anilines is 1. The summed E-state index contributed by atoms with van der Waals surface area (Å²) in [4.78, 5) is 24.5. The van der Waals surface area contributed by atoms with E-state index in [1.807, 2.05) is 12.2 Å². The molecule has 4 atom stereocenters. The Hall–Kier alpha value is -2.19. The summed E-state index contributed by atoms with van der Waals surface area (Å²) >= 11 is 0. The third-order valence-electron chi connectivity index (χ3n) is 6.55. The highest BCUT2D eigenvalue weighted by Crippen LogP contribution is 2.48. The average Bonchev–Trinajstić information content (AvgIpc) is 3.30. The van der Waals surface area contributed by atoms with Gasteiger partial charge in [-0.1, -0.05) is 19.1 Å². The number of hydrogen-bond donors (Lipinski definition) is 2. The van der Waals surface area contributed by atoms with Crippen LogP contribution in [0, 0.1) is 29.6 Å². The number of carboxylic acids is 1. The Labute approximate surface area is 170 Å². The zero-order chi connectivity index (χ0) is 20.8. The summed E-state index contributed by atoms with van der Waals surface area (Å²) in [5.41, 5.74) is 0.470. The molecule has 3 aliphatic rings. The van der Waals surface area contributed by atoms with Gasteiger partial charge in [0.25, 0.3) is 0 Å². The second kappa shape index (κ2) is 7.57. The number of piperidine rings is 1. The van der Waals surface area contributed by atoms with Crippen molar-refractivity contribution in [3.63, 3.8) is 0 Å². The second-order valence-corrected chi connectivity index (χ2v) is 10.4. The molecular formula is C21H26N2O5S. The van der Waals surface area contributed by atoms with E-state index in [2.05, 4.69) is 12.2 Å². The number of nitrogens with one attached hydrogen (secondary N) is 1. The molecule has 1 saturated carbocycles. The van der Waals surface area contributed by atoms with Crippen LogP contribution in [-0.2, 0) is 19.6 Å². The third-order valence-corrected chi connectivity index (χ3v) is 8.46. The van der Waals surface area contributed by atoms with Crippen LogP contribution in [0.2, 0.25) is 0 Å². The van der Waals surface area contributed by atoms with E-state index < -0.39 is 27.8 Å².